The lowest BCUT2D eigenvalue weighted by atomic mass is 10.2. The van der Waals surface area contributed by atoms with E-state index in [4.69, 9.17) is 4.74 Å². The van der Waals surface area contributed by atoms with E-state index in [-0.39, 0.29) is 30.2 Å². The van der Waals surface area contributed by atoms with Crippen LogP contribution in [-0.2, 0) is 30.2 Å². The highest BCUT2D eigenvalue weighted by atomic mass is 19.4. The molecule has 2 aromatic heterocycles. The molecule has 3 heterocycles. The van der Waals surface area contributed by atoms with Crippen LogP contribution in [0.1, 0.15) is 5.56 Å². The number of anilines is 1. The Hall–Kier alpha value is -3.65. The van der Waals surface area contributed by atoms with Gasteiger partial charge in [-0.15, -0.1) is 0 Å². The molecule has 4 rings (SSSR count). The number of benzene rings is 1. The Morgan fingerprint density at radius 1 is 1.24 bits per heavy atom. The van der Waals surface area contributed by atoms with Crippen LogP contribution in [0.3, 0.4) is 0 Å². The van der Waals surface area contributed by atoms with Crippen LogP contribution < -0.4 is 21.5 Å². The zero-order valence-electron chi connectivity index (χ0n) is 18.2. The number of halogens is 3. The van der Waals surface area contributed by atoms with Crippen LogP contribution in [0.4, 0.5) is 19.1 Å². The number of esters is 1. The highest BCUT2D eigenvalue weighted by Crippen LogP contribution is 2.29. The van der Waals surface area contributed by atoms with Gasteiger partial charge >= 0.3 is 17.8 Å². The largest absolute Gasteiger partial charge is 0.491 e. The monoisotopic (exact) mass is 482 g/mol. The van der Waals surface area contributed by atoms with Gasteiger partial charge in [0, 0.05) is 32.7 Å². The van der Waals surface area contributed by atoms with Crippen LogP contribution >= 0.6 is 0 Å². The summed E-state index contributed by atoms with van der Waals surface area (Å²) in [5.74, 6) is -2.39. The maximum absolute atomic E-state index is 13.1. The third-order valence-electron chi connectivity index (χ3n) is 5.57. The number of aliphatic hydroxyl groups excluding tert-OH is 1. The zero-order chi connectivity index (χ0) is 24.8. The minimum Gasteiger partial charge on any atom is -0.433 e. The van der Waals surface area contributed by atoms with Crippen molar-refractivity contribution in [1.29, 1.82) is 0 Å². The summed E-state index contributed by atoms with van der Waals surface area (Å²) in [6, 6.07) is 6.52. The van der Waals surface area contributed by atoms with E-state index in [1.54, 1.807) is 24.3 Å². The zero-order valence-corrected chi connectivity index (χ0v) is 18.2. The van der Waals surface area contributed by atoms with Crippen LogP contribution in [0.5, 0.6) is 0 Å². The molecule has 0 saturated carbocycles. The molecule has 1 unspecified atom stereocenters. The number of hydrogen-bond donors (Lipinski definition) is 2. The Bertz CT molecular complexity index is 1380. The van der Waals surface area contributed by atoms with Crippen molar-refractivity contribution in [2.45, 2.75) is 19.0 Å². The number of imidazole rings is 1. The van der Waals surface area contributed by atoms with E-state index in [0.717, 1.165) is 9.13 Å². The molecule has 0 spiro atoms. The summed E-state index contributed by atoms with van der Waals surface area (Å²) < 4.78 is 46.8. The minimum absolute atomic E-state index is 0.0179. The molecule has 34 heavy (non-hydrogen) atoms. The van der Waals surface area contributed by atoms with Gasteiger partial charge in [-0.25, -0.2) is 9.59 Å². The number of hydrogen-bond acceptors (Lipinski definition) is 8. The lowest BCUT2D eigenvalue weighted by Gasteiger charge is -2.36. The van der Waals surface area contributed by atoms with Gasteiger partial charge in [-0.2, -0.15) is 18.2 Å². The van der Waals surface area contributed by atoms with Crippen molar-refractivity contribution in [3.05, 3.63) is 50.7 Å². The Labute approximate surface area is 189 Å². The molecule has 182 valence electrons. The van der Waals surface area contributed by atoms with E-state index >= 15 is 0 Å². The van der Waals surface area contributed by atoms with Gasteiger partial charge in [0.2, 0.25) is 5.95 Å². The van der Waals surface area contributed by atoms with Crippen molar-refractivity contribution in [3.8, 4) is 5.69 Å². The number of alkyl halides is 3. The number of ether oxygens (including phenoxy) is 1. The fourth-order valence-corrected chi connectivity index (χ4v) is 3.87. The molecular weight excluding hydrogens is 461 g/mol. The molecule has 1 atom stereocenters. The van der Waals surface area contributed by atoms with Gasteiger partial charge < -0.3 is 20.1 Å². The fourth-order valence-electron chi connectivity index (χ4n) is 3.87. The van der Waals surface area contributed by atoms with Gasteiger partial charge in [0.25, 0.3) is 5.56 Å². The molecule has 1 aliphatic rings. The molecule has 11 nitrogen and oxygen atoms in total. The lowest BCUT2D eigenvalue weighted by molar-refractivity contribution is -0.205. The predicted octanol–water partition coefficient (Wildman–Crippen LogP) is -0.244. The summed E-state index contributed by atoms with van der Waals surface area (Å²) in [6.45, 7) is -0.143. The standard InChI is InChI=1S/C20H21F3N6O5/c1-26-15-14(16(31)27(2)19(26)33)29(12-6-4-3-5-11(12)10-30)18(25-15)28-8-7-24-9-13(28)34-17(32)20(21,22)23/h3-6,13,24,30H,7-10H2,1-2H3. The number of carbonyl (C=O) groups excluding carboxylic acids is 1. The molecule has 0 radical (unpaired) electrons. The molecule has 14 heteroatoms. The topological polar surface area (TPSA) is 124 Å². The first-order valence-electron chi connectivity index (χ1n) is 10.2. The minimum atomic E-state index is -5.20. The Morgan fingerprint density at radius 3 is 2.62 bits per heavy atom. The van der Waals surface area contributed by atoms with E-state index in [2.05, 4.69) is 10.3 Å². The van der Waals surface area contributed by atoms with Crippen LogP contribution in [0.25, 0.3) is 16.9 Å². The predicted molar refractivity (Wildman–Crippen MR) is 114 cm³/mol. The lowest BCUT2D eigenvalue weighted by Crippen LogP contribution is -2.55. The van der Waals surface area contributed by atoms with Gasteiger partial charge in [-0.05, 0) is 6.07 Å². The van der Waals surface area contributed by atoms with Crippen molar-refractivity contribution < 1.29 is 27.8 Å². The average molecular weight is 482 g/mol. The first-order valence-corrected chi connectivity index (χ1v) is 10.2. The Kier molecular flexibility index (Phi) is 5.95. The number of para-hydroxylation sites is 1. The Balaban J connectivity index is 2.01. The molecule has 1 saturated heterocycles. The van der Waals surface area contributed by atoms with Crippen molar-refractivity contribution >= 4 is 23.1 Å². The number of nitrogens with one attached hydrogen (secondary N) is 1. The summed E-state index contributed by atoms with van der Waals surface area (Å²) in [6.07, 6.45) is -6.60. The van der Waals surface area contributed by atoms with Crippen LogP contribution in [-0.4, -0.2) is 61.8 Å². The second kappa shape index (κ2) is 8.61. The smallest absolute Gasteiger partial charge is 0.433 e. The summed E-state index contributed by atoms with van der Waals surface area (Å²) >= 11 is 0. The van der Waals surface area contributed by atoms with Crippen LogP contribution in [0, 0.1) is 0 Å². The number of nitrogens with zero attached hydrogens (tertiary/aromatic N) is 5. The summed E-state index contributed by atoms with van der Waals surface area (Å²) in [4.78, 5) is 43.0. The van der Waals surface area contributed by atoms with Crippen molar-refractivity contribution in [1.82, 2.24) is 24.0 Å². The highest BCUT2D eigenvalue weighted by molar-refractivity contribution is 5.79. The van der Waals surface area contributed by atoms with Gasteiger partial charge in [0.1, 0.15) is 0 Å². The van der Waals surface area contributed by atoms with Crippen molar-refractivity contribution in [2.75, 3.05) is 24.5 Å². The van der Waals surface area contributed by atoms with Crippen molar-refractivity contribution in [2.24, 2.45) is 14.1 Å². The third kappa shape index (κ3) is 3.84. The number of carbonyl (C=O) groups is 1. The number of aliphatic hydroxyl groups is 1. The Morgan fingerprint density at radius 2 is 1.94 bits per heavy atom. The van der Waals surface area contributed by atoms with E-state index in [0.29, 0.717) is 17.8 Å². The highest BCUT2D eigenvalue weighted by Gasteiger charge is 2.44. The molecule has 1 aliphatic heterocycles. The summed E-state index contributed by atoms with van der Waals surface area (Å²) in [7, 11) is 2.69. The SMILES string of the molecule is Cn1c(=O)c2c(nc(N3CCNCC3OC(=O)C(F)(F)F)n2-c2ccccc2CO)n(C)c1=O. The molecule has 0 amide bonds. The number of rotatable bonds is 4. The number of aryl methyl sites for hydroxylation is 1. The molecule has 2 N–H and O–H groups in total. The summed E-state index contributed by atoms with van der Waals surface area (Å²) in [5, 5.41) is 12.7. The third-order valence-corrected chi connectivity index (χ3v) is 5.57. The van der Waals surface area contributed by atoms with Crippen LogP contribution in [0.2, 0.25) is 0 Å². The molecular formula is C20H21F3N6O5. The second-order valence-corrected chi connectivity index (χ2v) is 7.67. The molecule has 1 fully saturated rings. The number of fused-ring (bicyclic) bond motifs is 1. The fraction of sp³-hybridized carbons (Fsp3) is 0.400. The number of piperazine rings is 1. The van der Waals surface area contributed by atoms with Gasteiger partial charge in [-0.1, -0.05) is 18.2 Å². The average Bonchev–Trinajstić information content (AvgIpc) is 3.21. The molecule has 3 aromatic rings. The van der Waals surface area contributed by atoms with Crippen LogP contribution in [0.15, 0.2) is 33.9 Å². The first-order chi connectivity index (χ1) is 16.1. The van der Waals surface area contributed by atoms with E-state index in [1.165, 1.54) is 23.6 Å². The van der Waals surface area contributed by atoms with E-state index in [1.807, 2.05) is 0 Å². The maximum Gasteiger partial charge on any atom is 0.491 e. The van der Waals surface area contributed by atoms with E-state index in [9.17, 15) is 32.7 Å². The van der Waals surface area contributed by atoms with Gasteiger partial charge in [-0.3, -0.25) is 18.5 Å². The molecule has 0 bridgehead atoms. The quantitative estimate of drug-likeness (QED) is 0.489. The second-order valence-electron chi connectivity index (χ2n) is 7.67. The van der Waals surface area contributed by atoms with Crippen molar-refractivity contribution in [3.63, 3.8) is 0 Å². The normalized spacial score (nSPS) is 16.8. The molecule has 0 aliphatic carbocycles. The number of aromatic nitrogens is 4. The first kappa shape index (κ1) is 23.5. The van der Waals surface area contributed by atoms with E-state index < -0.39 is 36.2 Å². The van der Waals surface area contributed by atoms with Gasteiger partial charge in [0.15, 0.2) is 17.4 Å². The van der Waals surface area contributed by atoms with Gasteiger partial charge in [0.05, 0.1) is 18.8 Å². The maximum atomic E-state index is 13.1. The molecule has 1 aromatic carbocycles. The summed E-state index contributed by atoms with van der Waals surface area (Å²) in [5.41, 5.74) is -0.654.